The van der Waals surface area contributed by atoms with E-state index in [4.69, 9.17) is 0 Å². The molecule has 11 heavy (non-hydrogen) atoms. The lowest BCUT2D eigenvalue weighted by Gasteiger charge is -2.09. The molecule has 0 N–H and O–H groups in total. The third-order valence-electron chi connectivity index (χ3n) is 2.00. The van der Waals surface area contributed by atoms with Crippen LogP contribution < -0.4 is 0 Å². The van der Waals surface area contributed by atoms with Crippen molar-refractivity contribution in [3.63, 3.8) is 0 Å². The van der Waals surface area contributed by atoms with E-state index in [2.05, 4.69) is 32.6 Å². The highest BCUT2D eigenvalue weighted by Crippen LogP contribution is 2.16. The lowest BCUT2D eigenvalue weighted by molar-refractivity contribution is 0.582. The fourth-order valence-corrected chi connectivity index (χ4v) is 1.07. The first-order valence-electron chi connectivity index (χ1n) is 4.53. The van der Waals surface area contributed by atoms with Crippen molar-refractivity contribution in [3.05, 3.63) is 24.3 Å². The predicted octanol–water partition coefficient (Wildman–Crippen LogP) is 3.95. The number of unbranched alkanes of at least 4 members (excludes halogenated alkanes) is 1. The van der Waals surface area contributed by atoms with Gasteiger partial charge in [0.05, 0.1) is 0 Å². The molecular formula is C11H20. The minimum Gasteiger partial charge on any atom is -0.0956 e. The summed E-state index contributed by atoms with van der Waals surface area (Å²) in [5, 5.41) is 0. The minimum atomic E-state index is 0.658. The Morgan fingerprint density at radius 1 is 1.55 bits per heavy atom. The monoisotopic (exact) mass is 152 g/mol. The van der Waals surface area contributed by atoms with Gasteiger partial charge in [-0.1, -0.05) is 51.0 Å². The van der Waals surface area contributed by atoms with E-state index in [0.29, 0.717) is 5.92 Å². The summed E-state index contributed by atoms with van der Waals surface area (Å²) in [6.07, 6.45) is 8.05. The van der Waals surface area contributed by atoms with Crippen molar-refractivity contribution < 1.29 is 0 Å². The molecule has 0 bridgehead atoms. The zero-order chi connectivity index (χ0) is 8.69. The molecule has 0 heteroatoms. The Morgan fingerprint density at radius 2 is 2.18 bits per heavy atom. The Balaban J connectivity index is 3.64. The molecule has 0 aromatic carbocycles. The molecule has 0 radical (unpaired) electrons. The number of hydrogen-bond acceptors (Lipinski definition) is 0. The normalized spacial score (nSPS) is 13.7. The Hall–Kier alpha value is -0.520. The SMILES string of the molecule is C=C(/C=C\C)C(C)CCCC. The highest BCUT2D eigenvalue weighted by atomic mass is 14.1. The summed E-state index contributed by atoms with van der Waals surface area (Å²) < 4.78 is 0. The molecule has 0 nitrogen and oxygen atoms in total. The summed E-state index contributed by atoms with van der Waals surface area (Å²) in [4.78, 5) is 0. The van der Waals surface area contributed by atoms with Gasteiger partial charge in [0.1, 0.15) is 0 Å². The first kappa shape index (κ1) is 10.5. The van der Waals surface area contributed by atoms with Gasteiger partial charge in [-0.2, -0.15) is 0 Å². The average Bonchev–Trinajstić information content (AvgIpc) is 2.00. The highest BCUT2D eigenvalue weighted by Gasteiger charge is 2.01. The van der Waals surface area contributed by atoms with Gasteiger partial charge in [0.2, 0.25) is 0 Å². The van der Waals surface area contributed by atoms with Gasteiger partial charge in [-0.05, 0) is 19.3 Å². The molecule has 0 aliphatic heterocycles. The summed E-state index contributed by atoms with van der Waals surface area (Å²) in [6, 6.07) is 0. The second kappa shape index (κ2) is 6.21. The Labute approximate surface area is 71.0 Å². The van der Waals surface area contributed by atoms with Crippen molar-refractivity contribution in [3.8, 4) is 0 Å². The van der Waals surface area contributed by atoms with Crippen LogP contribution in [0.2, 0.25) is 0 Å². The zero-order valence-corrected chi connectivity index (χ0v) is 8.06. The van der Waals surface area contributed by atoms with Crippen LogP contribution in [0.5, 0.6) is 0 Å². The summed E-state index contributed by atoms with van der Waals surface area (Å²) in [5.74, 6) is 0.658. The van der Waals surface area contributed by atoms with Gasteiger partial charge in [-0.25, -0.2) is 0 Å². The average molecular weight is 152 g/mol. The van der Waals surface area contributed by atoms with E-state index >= 15 is 0 Å². The van der Waals surface area contributed by atoms with Crippen molar-refractivity contribution in [2.24, 2.45) is 5.92 Å². The van der Waals surface area contributed by atoms with Crippen molar-refractivity contribution in [2.45, 2.75) is 40.0 Å². The van der Waals surface area contributed by atoms with Gasteiger partial charge >= 0.3 is 0 Å². The fourth-order valence-electron chi connectivity index (χ4n) is 1.07. The summed E-state index contributed by atoms with van der Waals surface area (Å²) >= 11 is 0. The zero-order valence-electron chi connectivity index (χ0n) is 8.06. The van der Waals surface area contributed by atoms with Gasteiger partial charge in [-0.3, -0.25) is 0 Å². The quantitative estimate of drug-likeness (QED) is 0.523. The molecule has 1 unspecified atom stereocenters. The lowest BCUT2D eigenvalue weighted by Crippen LogP contribution is -1.95. The van der Waals surface area contributed by atoms with E-state index in [9.17, 15) is 0 Å². The van der Waals surface area contributed by atoms with Crippen molar-refractivity contribution in [1.82, 2.24) is 0 Å². The lowest BCUT2D eigenvalue weighted by atomic mass is 9.96. The minimum absolute atomic E-state index is 0.658. The molecule has 0 fully saturated rings. The maximum atomic E-state index is 4.01. The molecule has 0 aromatic heterocycles. The summed E-state index contributed by atoms with van der Waals surface area (Å²) in [5.41, 5.74) is 1.26. The fraction of sp³-hybridized carbons (Fsp3) is 0.636. The van der Waals surface area contributed by atoms with Crippen molar-refractivity contribution in [1.29, 1.82) is 0 Å². The first-order chi connectivity index (χ1) is 5.22. The predicted molar refractivity (Wildman–Crippen MR) is 52.6 cm³/mol. The highest BCUT2D eigenvalue weighted by molar-refractivity contribution is 5.16. The molecular weight excluding hydrogens is 132 g/mol. The second-order valence-corrected chi connectivity index (χ2v) is 3.12. The molecule has 1 atom stereocenters. The number of allylic oxidation sites excluding steroid dienone is 3. The maximum absolute atomic E-state index is 4.01. The van der Waals surface area contributed by atoms with Gasteiger partial charge < -0.3 is 0 Å². The van der Waals surface area contributed by atoms with Crippen LogP contribution in [0, 0.1) is 5.92 Å². The molecule has 0 amide bonds. The van der Waals surface area contributed by atoms with Crippen LogP contribution in [0.15, 0.2) is 24.3 Å². The molecule has 0 aliphatic carbocycles. The van der Waals surface area contributed by atoms with Crippen molar-refractivity contribution >= 4 is 0 Å². The van der Waals surface area contributed by atoms with E-state index in [1.165, 1.54) is 24.8 Å². The van der Waals surface area contributed by atoms with Gasteiger partial charge in [0.25, 0.3) is 0 Å². The Kier molecular flexibility index (Phi) is 5.91. The van der Waals surface area contributed by atoms with E-state index in [1.54, 1.807) is 0 Å². The first-order valence-corrected chi connectivity index (χ1v) is 4.53. The van der Waals surface area contributed by atoms with E-state index in [1.807, 2.05) is 6.92 Å². The van der Waals surface area contributed by atoms with Crippen molar-refractivity contribution in [2.75, 3.05) is 0 Å². The second-order valence-electron chi connectivity index (χ2n) is 3.12. The summed E-state index contributed by atoms with van der Waals surface area (Å²) in [6.45, 7) is 10.5. The molecule has 0 spiro atoms. The largest absolute Gasteiger partial charge is 0.0956 e. The van der Waals surface area contributed by atoms with E-state index in [-0.39, 0.29) is 0 Å². The molecule has 0 saturated heterocycles. The standard InChI is InChI=1S/C11H20/c1-5-7-9-11(4)10(3)8-6-2/h6,8,11H,3,5,7,9H2,1-2,4H3/b8-6-. The number of rotatable bonds is 5. The van der Waals surface area contributed by atoms with Gasteiger partial charge in [0.15, 0.2) is 0 Å². The molecule has 0 heterocycles. The van der Waals surface area contributed by atoms with Crippen LogP contribution in [0.1, 0.15) is 40.0 Å². The molecule has 0 aliphatic rings. The topological polar surface area (TPSA) is 0 Å². The summed E-state index contributed by atoms with van der Waals surface area (Å²) in [7, 11) is 0. The third-order valence-corrected chi connectivity index (χ3v) is 2.00. The van der Waals surface area contributed by atoms with Gasteiger partial charge in [-0.15, -0.1) is 0 Å². The van der Waals surface area contributed by atoms with Crippen LogP contribution in [0.3, 0.4) is 0 Å². The maximum Gasteiger partial charge on any atom is -0.0196 e. The molecule has 0 saturated carbocycles. The Morgan fingerprint density at radius 3 is 2.64 bits per heavy atom. The molecule has 64 valence electrons. The van der Waals surface area contributed by atoms with Gasteiger partial charge in [0, 0.05) is 0 Å². The third kappa shape index (κ3) is 4.83. The van der Waals surface area contributed by atoms with Crippen LogP contribution in [-0.2, 0) is 0 Å². The Bertz CT molecular complexity index is 131. The van der Waals surface area contributed by atoms with Crippen LogP contribution >= 0.6 is 0 Å². The molecule has 0 rings (SSSR count). The smallest absolute Gasteiger partial charge is 0.0196 e. The molecule has 0 aromatic rings. The van der Waals surface area contributed by atoms with Crippen LogP contribution in [-0.4, -0.2) is 0 Å². The van der Waals surface area contributed by atoms with Crippen LogP contribution in [0.4, 0.5) is 0 Å². The van der Waals surface area contributed by atoms with E-state index in [0.717, 1.165) is 0 Å². The number of hydrogen-bond donors (Lipinski definition) is 0. The van der Waals surface area contributed by atoms with Crippen LogP contribution in [0.25, 0.3) is 0 Å². The van der Waals surface area contributed by atoms with E-state index < -0.39 is 0 Å².